The van der Waals surface area contributed by atoms with Gasteiger partial charge < -0.3 is 109 Å². The van der Waals surface area contributed by atoms with Crippen molar-refractivity contribution >= 4 is 191 Å². The van der Waals surface area contributed by atoms with Crippen molar-refractivity contribution < 1.29 is 4.79 Å². The number of hydrogen-bond acceptors (Lipinski definition) is 23. The molecule has 30 nitrogen and oxygen atoms in total. The number of nitrogens with one attached hydrogen (secondary N) is 21. The molecule has 0 radical (unpaired) electrons. The summed E-state index contributed by atoms with van der Waals surface area (Å²) < 4.78 is 1.05. The predicted molar refractivity (Wildman–Crippen MR) is 487 cm³/mol. The Bertz CT molecular complexity index is 5940. The van der Waals surface area contributed by atoms with Crippen molar-refractivity contribution in [2.24, 2.45) is 34.9 Å². The van der Waals surface area contributed by atoms with Crippen LogP contribution in [0.15, 0.2) is 210 Å². The summed E-state index contributed by atoms with van der Waals surface area (Å²) in [5.41, 5.74) is 19.6. The molecule has 7 aliphatic heterocycles. The zero-order valence-electron chi connectivity index (χ0n) is 65.4. The van der Waals surface area contributed by atoms with Crippen LogP contribution in [-0.2, 0) is 0 Å². The molecule has 598 valence electrons. The number of guanidine groups is 7. The molecule has 0 spiro atoms. The normalized spacial score (nSPS) is 14.7. The van der Waals surface area contributed by atoms with Gasteiger partial charge in [0.2, 0.25) is 0 Å². The lowest BCUT2D eigenvalue weighted by atomic mass is 10.00. The number of nitrogens with zero attached hydrogens (tertiary/aromatic N) is 8. The van der Waals surface area contributed by atoms with E-state index >= 15 is 0 Å². The summed E-state index contributed by atoms with van der Waals surface area (Å²) >= 11 is 9.70. The van der Waals surface area contributed by atoms with Crippen LogP contribution >= 0.6 is 27.5 Å². The minimum absolute atomic E-state index is 0.0485. The third kappa shape index (κ3) is 19.7. The molecular formula is C85H93BrClN29O. The summed E-state index contributed by atoms with van der Waals surface area (Å²) in [6, 6.07) is 44.9. The Morgan fingerprint density at radius 2 is 0.761 bits per heavy atom. The van der Waals surface area contributed by atoms with E-state index in [9.17, 15) is 4.79 Å². The highest BCUT2D eigenvalue weighted by atomic mass is 79.9. The van der Waals surface area contributed by atoms with Crippen molar-refractivity contribution in [1.82, 2.24) is 72.1 Å². The van der Waals surface area contributed by atoms with Crippen molar-refractivity contribution in [2.45, 2.75) is 40.5 Å². The third-order valence-corrected chi connectivity index (χ3v) is 20.7. The van der Waals surface area contributed by atoms with E-state index in [1.807, 2.05) is 104 Å². The topological polar surface area (TPSA) is 406 Å². The molecular weight excluding hydrogens is 1560 g/mol. The van der Waals surface area contributed by atoms with Crippen LogP contribution in [0.4, 0.5) is 39.8 Å². The Hall–Kier alpha value is -13.9. The number of aryl methyl sites for hydroxylation is 2. The predicted octanol–water partition coefficient (Wildman–Crippen LogP) is 14.0. The second-order valence-corrected chi connectivity index (χ2v) is 29.7. The fourth-order valence-electron chi connectivity index (χ4n) is 14.1. The minimum atomic E-state index is 0.0485. The largest absolute Gasteiger partial charge is 0.361 e. The average molecular weight is 1650 g/mol. The maximum absolute atomic E-state index is 11.7. The first kappa shape index (κ1) is 78.4. The van der Waals surface area contributed by atoms with Crippen molar-refractivity contribution in [3.63, 3.8) is 0 Å². The molecule has 0 fully saturated rings. The average Bonchev–Trinajstić information content (AvgIpc) is 1.71. The number of fused-ring (bicyclic) bond motifs is 7. The molecule has 14 heterocycles. The van der Waals surface area contributed by atoms with Crippen LogP contribution in [-0.4, -0.2) is 174 Å². The number of benzene rings is 7. The number of carbonyl (C=O) groups is 1. The molecule has 0 amide bonds. The number of halogens is 2. The first-order valence-electron chi connectivity index (χ1n) is 39.0. The lowest BCUT2D eigenvalue weighted by molar-refractivity contribution is 0.101. The van der Waals surface area contributed by atoms with Gasteiger partial charge in [-0.3, -0.25) is 39.7 Å². The number of nitriles is 1. The molecule has 0 saturated carbocycles. The fourth-order valence-corrected chi connectivity index (χ4v) is 15.0. The molecule has 21 N–H and O–H groups in total. The lowest BCUT2D eigenvalue weighted by Crippen LogP contribution is -2.26. The number of H-pyrrole nitrogens is 7. The van der Waals surface area contributed by atoms with Crippen molar-refractivity contribution in [3.8, 4) is 6.07 Å². The van der Waals surface area contributed by atoms with Gasteiger partial charge >= 0.3 is 0 Å². The van der Waals surface area contributed by atoms with E-state index in [2.05, 4.69) is 261 Å². The summed E-state index contributed by atoms with van der Waals surface area (Å²) in [7, 11) is 0. The van der Waals surface area contributed by atoms with Crippen LogP contribution < -0.4 is 74.4 Å². The smallest absolute Gasteiger partial charge is 0.195 e. The monoisotopic (exact) mass is 1650 g/mol. The van der Waals surface area contributed by atoms with Crippen LogP contribution in [0.1, 0.15) is 59.3 Å². The van der Waals surface area contributed by atoms with Crippen molar-refractivity contribution in [3.05, 3.63) is 208 Å². The fraction of sp³-hybridized carbons (Fsp3) is 0.235. The van der Waals surface area contributed by atoms with E-state index in [0.717, 1.165) is 216 Å². The molecule has 0 unspecified atom stereocenters. The summed E-state index contributed by atoms with van der Waals surface area (Å²) in [6.45, 7) is 22.3. The van der Waals surface area contributed by atoms with E-state index in [4.69, 9.17) is 16.9 Å². The summed E-state index contributed by atoms with van der Waals surface area (Å²) in [5, 5.41) is 62.8. The maximum atomic E-state index is 11.7. The Morgan fingerprint density at radius 1 is 0.402 bits per heavy atom. The molecule has 7 aliphatic rings. The van der Waals surface area contributed by atoms with E-state index in [0.29, 0.717) is 22.1 Å². The van der Waals surface area contributed by atoms with E-state index in [1.54, 1.807) is 6.92 Å². The minimum Gasteiger partial charge on any atom is -0.361 e. The number of rotatable bonds is 9. The van der Waals surface area contributed by atoms with E-state index < -0.39 is 0 Å². The zero-order chi connectivity index (χ0) is 80.6. The number of aromatic nitrogens is 7. The number of Topliss-reactive ketones (excluding diaryl/α,β-unsaturated/α-hetero) is 1. The van der Waals surface area contributed by atoms with E-state index in [1.165, 1.54) is 54.8 Å². The number of anilines is 7. The molecule has 32 heteroatoms. The third-order valence-electron chi connectivity index (χ3n) is 19.8. The molecule has 0 saturated heterocycles. The first-order valence-corrected chi connectivity index (χ1v) is 40.1. The van der Waals surface area contributed by atoms with Gasteiger partial charge in [0.05, 0.1) is 78.5 Å². The first-order chi connectivity index (χ1) is 57.2. The molecule has 0 atom stereocenters. The van der Waals surface area contributed by atoms with Gasteiger partial charge in [0, 0.05) is 193 Å². The zero-order valence-corrected chi connectivity index (χ0v) is 67.7. The van der Waals surface area contributed by atoms with Gasteiger partial charge in [-0.1, -0.05) is 25.4 Å². The summed E-state index contributed by atoms with van der Waals surface area (Å²) in [5.74, 6) is 6.35. The number of hydrogen-bond donors (Lipinski definition) is 21. The van der Waals surface area contributed by atoms with Gasteiger partial charge in [-0.15, -0.1) is 0 Å². The van der Waals surface area contributed by atoms with Gasteiger partial charge in [-0.2, -0.15) is 5.26 Å². The van der Waals surface area contributed by atoms with Crippen LogP contribution in [0.5, 0.6) is 0 Å². The quantitative estimate of drug-likeness (QED) is 0.0597. The molecule has 21 rings (SSSR count). The summed E-state index contributed by atoms with van der Waals surface area (Å²) in [6.07, 6.45) is 13.4. The lowest BCUT2D eigenvalue weighted by Gasteiger charge is -2.12. The SMILES string of the molecule is Brc1cc(NC2=NCCN2)cc2cc[nH]c12.CC(=O)c1cc(NC2=NCCN2)cc2cc[nH]c12.CC(C)c1cc(NC2=NCCN2)cc2cc[nH]c12.Cc1c(NC2=NCCN2)ccc2[nH]ccc12.Cc1cc(NC2=NCCN2)cc2cc[nH]c12.Clc1cc(NC2=NCCN2)cc2cc[nH]c12.N#Cc1cc(NC2=NCCN2)cc2cc[nH]c12. The van der Waals surface area contributed by atoms with Crippen LogP contribution in [0.2, 0.25) is 5.02 Å². The Kier molecular flexibility index (Phi) is 24.8. The van der Waals surface area contributed by atoms with Gasteiger partial charge in [-0.25, -0.2) is 0 Å². The highest BCUT2D eigenvalue weighted by Crippen LogP contribution is 2.33. The van der Waals surface area contributed by atoms with E-state index in [-0.39, 0.29) is 5.78 Å². The van der Waals surface area contributed by atoms with Gasteiger partial charge in [0.15, 0.2) is 47.5 Å². The second-order valence-electron chi connectivity index (χ2n) is 28.4. The Morgan fingerprint density at radius 3 is 1.22 bits per heavy atom. The molecule has 0 bridgehead atoms. The molecule has 14 aromatic rings. The number of aromatic amines is 7. The molecule has 7 aromatic carbocycles. The standard InChI is InChI=1S/C14H18N4.C13H14N4O.C12H11N5.2C12H14N4.C11H11BrN4.C11H11ClN4/c1-9(2)12-8-11(18-14-16-5-6-17-14)7-10-3-4-15-13(10)12;1-8(18)11-7-10(17-13-15-4-5-16-13)6-9-2-3-14-12(9)11;13-7-9-6-10(17-12-15-3-4-16-12)5-8-1-2-14-11(8)9;1-8-6-10(16-12-14-4-5-15-12)7-9-2-3-13-11(8)9;1-8-9-4-5-13-11(9)3-2-10(8)16-12-14-6-7-15-12;2*12-9-6-8(16-11-14-3-4-15-11)5-7-1-2-13-10(7)9/h3-4,7-9,15H,5-6H2,1-2H3,(H2,16,17,18);2-3,6-7,14H,4-5H2,1H3,(H2,15,16,17);1-2,5-6,14H,3-4H2,(H2,15,16,17);2-3,6-7,13H,4-5H2,1H3,(H2,14,15,16);2-5,13H,6-7H2,1H3,(H2,14,15,16);2*1-2,5-6,13H,3-4H2,(H2,14,15,16). The van der Waals surface area contributed by atoms with Crippen molar-refractivity contribution in [2.75, 3.05) is 129 Å². The number of ketones is 1. The maximum Gasteiger partial charge on any atom is 0.195 e. The van der Waals surface area contributed by atoms with Crippen LogP contribution in [0.25, 0.3) is 76.3 Å². The van der Waals surface area contributed by atoms with Gasteiger partial charge in [0.25, 0.3) is 0 Å². The Balaban J connectivity index is 0.000000107. The molecule has 7 aromatic heterocycles. The van der Waals surface area contributed by atoms with Crippen LogP contribution in [0, 0.1) is 25.2 Å². The highest BCUT2D eigenvalue weighted by molar-refractivity contribution is 9.10. The molecule has 117 heavy (non-hydrogen) atoms. The number of carbonyl (C=O) groups excluding carboxylic acids is 1. The Labute approximate surface area is 687 Å². The summed E-state index contributed by atoms with van der Waals surface area (Å²) in [4.78, 5) is 64.0. The highest BCUT2D eigenvalue weighted by Gasteiger charge is 2.18. The van der Waals surface area contributed by atoms with Gasteiger partial charge in [-0.05, 0) is 187 Å². The van der Waals surface area contributed by atoms with Gasteiger partial charge in [0.1, 0.15) is 6.07 Å². The second kappa shape index (κ2) is 37.0. The number of aliphatic imine (C=N–C) groups is 7. The van der Waals surface area contributed by atoms with Crippen molar-refractivity contribution in [1.29, 1.82) is 5.26 Å². The molecule has 0 aliphatic carbocycles. The van der Waals surface area contributed by atoms with Crippen LogP contribution in [0.3, 0.4) is 0 Å².